The summed E-state index contributed by atoms with van der Waals surface area (Å²) in [5, 5.41) is 0. The standard InChI is InChI=1S/C31H32N2O4S/c1-24-18-19-29(37-2)30(20-24)38(35,36)32-28(21-25-12-6-3-7-13-25)31(34)33(22-26-14-8-4-9-15-26)23-27-16-10-5-11-17-27/h3-20,28,32H,21-23H2,1-2H3/t28-/m0/s1. The second-order valence-corrected chi connectivity index (χ2v) is 10.9. The summed E-state index contributed by atoms with van der Waals surface area (Å²) in [5.41, 5.74) is 3.54. The van der Waals surface area contributed by atoms with E-state index < -0.39 is 16.1 Å². The Kier molecular flexibility index (Phi) is 8.94. The minimum atomic E-state index is -4.09. The summed E-state index contributed by atoms with van der Waals surface area (Å²) in [6.45, 7) is 2.50. The zero-order valence-corrected chi connectivity index (χ0v) is 22.4. The number of methoxy groups -OCH3 is 1. The lowest BCUT2D eigenvalue weighted by Crippen LogP contribution is -2.49. The number of amides is 1. The van der Waals surface area contributed by atoms with Crippen LogP contribution in [0.15, 0.2) is 114 Å². The van der Waals surface area contributed by atoms with Crippen molar-refractivity contribution in [2.24, 2.45) is 0 Å². The molecule has 0 fully saturated rings. The number of nitrogens with zero attached hydrogens (tertiary/aromatic N) is 1. The van der Waals surface area contributed by atoms with E-state index >= 15 is 0 Å². The Morgan fingerprint density at radius 1 is 0.789 bits per heavy atom. The van der Waals surface area contributed by atoms with Crippen LogP contribution in [0.25, 0.3) is 0 Å². The molecule has 0 unspecified atom stereocenters. The molecular weight excluding hydrogens is 496 g/mol. The van der Waals surface area contributed by atoms with E-state index in [-0.39, 0.29) is 23.0 Å². The highest BCUT2D eigenvalue weighted by Gasteiger charge is 2.31. The number of aryl methyl sites for hydroxylation is 1. The molecule has 0 saturated carbocycles. The Hall–Kier alpha value is -3.94. The van der Waals surface area contributed by atoms with Gasteiger partial charge in [0.15, 0.2) is 0 Å². The zero-order valence-electron chi connectivity index (χ0n) is 21.6. The third-order valence-electron chi connectivity index (χ3n) is 6.23. The normalized spacial score (nSPS) is 12.1. The molecule has 0 bridgehead atoms. The van der Waals surface area contributed by atoms with Crippen molar-refractivity contribution < 1.29 is 17.9 Å². The molecule has 1 N–H and O–H groups in total. The molecule has 0 aliphatic heterocycles. The number of ether oxygens (including phenoxy) is 1. The molecule has 0 saturated heterocycles. The molecule has 0 aromatic heterocycles. The molecule has 0 aliphatic rings. The predicted molar refractivity (Wildman–Crippen MR) is 149 cm³/mol. The van der Waals surface area contributed by atoms with Crippen molar-refractivity contribution in [3.63, 3.8) is 0 Å². The lowest BCUT2D eigenvalue weighted by Gasteiger charge is -2.28. The maximum Gasteiger partial charge on any atom is 0.244 e. The van der Waals surface area contributed by atoms with Gasteiger partial charge >= 0.3 is 0 Å². The van der Waals surface area contributed by atoms with Gasteiger partial charge in [0.2, 0.25) is 15.9 Å². The molecule has 196 valence electrons. The van der Waals surface area contributed by atoms with Crippen LogP contribution in [0.3, 0.4) is 0 Å². The smallest absolute Gasteiger partial charge is 0.244 e. The first-order valence-electron chi connectivity index (χ1n) is 12.4. The highest BCUT2D eigenvalue weighted by Crippen LogP contribution is 2.25. The molecule has 4 aromatic rings. The Bertz CT molecular complexity index is 1400. The quantitative estimate of drug-likeness (QED) is 0.293. The summed E-state index contributed by atoms with van der Waals surface area (Å²) < 4.78 is 35.3. The molecule has 1 amide bonds. The van der Waals surface area contributed by atoms with Crippen molar-refractivity contribution in [3.8, 4) is 5.75 Å². The number of rotatable bonds is 11. The van der Waals surface area contributed by atoms with Crippen LogP contribution < -0.4 is 9.46 Å². The van der Waals surface area contributed by atoms with Crippen LogP contribution in [-0.4, -0.2) is 32.4 Å². The SMILES string of the molecule is COc1ccc(C)cc1S(=O)(=O)N[C@@H](Cc1ccccc1)C(=O)N(Cc1ccccc1)Cc1ccccc1. The summed E-state index contributed by atoms with van der Waals surface area (Å²) in [6.07, 6.45) is 0.202. The summed E-state index contributed by atoms with van der Waals surface area (Å²) in [5.74, 6) is -0.0869. The van der Waals surface area contributed by atoms with Crippen LogP contribution >= 0.6 is 0 Å². The zero-order chi connectivity index (χ0) is 27.0. The van der Waals surface area contributed by atoms with Crippen molar-refractivity contribution in [1.29, 1.82) is 0 Å². The highest BCUT2D eigenvalue weighted by molar-refractivity contribution is 7.89. The lowest BCUT2D eigenvalue weighted by atomic mass is 10.0. The summed E-state index contributed by atoms with van der Waals surface area (Å²) in [4.78, 5) is 15.9. The Morgan fingerprint density at radius 2 is 1.29 bits per heavy atom. The minimum absolute atomic E-state index is 0.00327. The van der Waals surface area contributed by atoms with Gasteiger partial charge in [-0.05, 0) is 47.7 Å². The van der Waals surface area contributed by atoms with E-state index in [1.54, 1.807) is 23.1 Å². The number of sulfonamides is 1. The van der Waals surface area contributed by atoms with E-state index in [1.165, 1.54) is 7.11 Å². The Morgan fingerprint density at radius 3 is 1.79 bits per heavy atom. The Balaban J connectivity index is 1.71. The third-order valence-corrected chi connectivity index (χ3v) is 7.72. The molecule has 4 rings (SSSR count). The van der Waals surface area contributed by atoms with Crippen molar-refractivity contribution in [1.82, 2.24) is 9.62 Å². The van der Waals surface area contributed by atoms with Crippen molar-refractivity contribution in [3.05, 3.63) is 131 Å². The lowest BCUT2D eigenvalue weighted by molar-refractivity contribution is -0.134. The van der Waals surface area contributed by atoms with Gasteiger partial charge in [-0.25, -0.2) is 8.42 Å². The molecule has 1 atom stereocenters. The fraction of sp³-hybridized carbons (Fsp3) is 0.194. The maximum absolute atomic E-state index is 14.2. The summed E-state index contributed by atoms with van der Waals surface area (Å²) in [6, 6.07) is 32.7. The van der Waals surface area contributed by atoms with Gasteiger partial charge in [-0.2, -0.15) is 4.72 Å². The van der Waals surface area contributed by atoms with Crippen LogP contribution in [0.1, 0.15) is 22.3 Å². The molecule has 0 spiro atoms. The first kappa shape index (κ1) is 27.1. The molecule has 0 aliphatic carbocycles. The van der Waals surface area contributed by atoms with E-state index in [0.717, 1.165) is 22.3 Å². The molecule has 7 heteroatoms. The predicted octanol–water partition coefficient (Wildman–Crippen LogP) is 5.12. The fourth-order valence-corrected chi connectivity index (χ4v) is 5.76. The number of hydrogen-bond donors (Lipinski definition) is 1. The van der Waals surface area contributed by atoms with Crippen LogP contribution in [0, 0.1) is 6.92 Å². The van der Waals surface area contributed by atoms with E-state index in [4.69, 9.17) is 4.74 Å². The number of carbonyl (C=O) groups excluding carboxylic acids is 1. The van der Waals surface area contributed by atoms with Gasteiger partial charge in [0.25, 0.3) is 0 Å². The van der Waals surface area contributed by atoms with Gasteiger partial charge < -0.3 is 9.64 Å². The van der Waals surface area contributed by atoms with E-state index in [2.05, 4.69) is 4.72 Å². The van der Waals surface area contributed by atoms with Crippen LogP contribution in [0.2, 0.25) is 0 Å². The molecule has 0 radical (unpaired) electrons. The van der Waals surface area contributed by atoms with Crippen LogP contribution in [-0.2, 0) is 34.3 Å². The van der Waals surface area contributed by atoms with Crippen LogP contribution in [0.5, 0.6) is 5.75 Å². The highest BCUT2D eigenvalue weighted by atomic mass is 32.2. The van der Waals surface area contributed by atoms with Crippen molar-refractivity contribution >= 4 is 15.9 Å². The number of benzene rings is 4. The van der Waals surface area contributed by atoms with E-state index in [1.807, 2.05) is 97.9 Å². The number of carbonyl (C=O) groups is 1. The largest absolute Gasteiger partial charge is 0.495 e. The summed E-state index contributed by atoms with van der Waals surface area (Å²) in [7, 11) is -2.66. The minimum Gasteiger partial charge on any atom is -0.495 e. The van der Waals surface area contributed by atoms with E-state index in [9.17, 15) is 13.2 Å². The maximum atomic E-state index is 14.2. The van der Waals surface area contributed by atoms with Crippen LogP contribution in [0.4, 0.5) is 0 Å². The topological polar surface area (TPSA) is 75.7 Å². The van der Waals surface area contributed by atoms with Gasteiger partial charge in [-0.15, -0.1) is 0 Å². The first-order valence-corrected chi connectivity index (χ1v) is 13.9. The fourth-order valence-electron chi connectivity index (χ4n) is 4.31. The van der Waals surface area contributed by atoms with Crippen molar-refractivity contribution in [2.45, 2.75) is 37.4 Å². The monoisotopic (exact) mass is 528 g/mol. The summed E-state index contributed by atoms with van der Waals surface area (Å²) >= 11 is 0. The molecule has 0 heterocycles. The second-order valence-electron chi connectivity index (χ2n) is 9.18. The molecule has 38 heavy (non-hydrogen) atoms. The third kappa shape index (κ3) is 7.09. The van der Waals surface area contributed by atoms with Gasteiger partial charge in [-0.3, -0.25) is 4.79 Å². The van der Waals surface area contributed by atoms with Gasteiger partial charge in [0.1, 0.15) is 16.7 Å². The van der Waals surface area contributed by atoms with Crippen molar-refractivity contribution in [2.75, 3.05) is 7.11 Å². The average Bonchev–Trinajstić information content (AvgIpc) is 2.93. The molecule has 4 aromatic carbocycles. The number of nitrogens with one attached hydrogen (secondary N) is 1. The van der Waals surface area contributed by atoms with Gasteiger partial charge in [-0.1, -0.05) is 97.1 Å². The molecular formula is C31H32N2O4S. The number of hydrogen-bond acceptors (Lipinski definition) is 4. The average molecular weight is 529 g/mol. The van der Waals surface area contributed by atoms with Gasteiger partial charge in [0, 0.05) is 13.1 Å². The Labute approximate surface area is 225 Å². The van der Waals surface area contributed by atoms with E-state index in [0.29, 0.717) is 13.1 Å². The first-order chi connectivity index (χ1) is 18.4. The van der Waals surface area contributed by atoms with Gasteiger partial charge in [0.05, 0.1) is 7.11 Å². The molecule has 6 nitrogen and oxygen atoms in total. The second kappa shape index (κ2) is 12.5.